The third kappa shape index (κ3) is 5.46. The number of hydrogen-bond acceptors (Lipinski definition) is 4. The molecule has 0 unspecified atom stereocenters. The first-order valence-corrected chi connectivity index (χ1v) is 7.84. The zero-order valence-corrected chi connectivity index (χ0v) is 14.1. The van der Waals surface area contributed by atoms with Crippen molar-refractivity contribution in [1.29, 1.82) is 0 Å². The summed E-state index contributed by atoms with van der Waals surface area (Å²) in [6.07, 6.45) is 1.29. The highest BCUT2D eigenvalue weighted by molar-refractivity contribution is 5.98. The Balaban J connectivity index is 1.89. The van der Waals surface area contributed by atoms with Crippen LogP contribution in [0.4, 0.5) is 0 Å². The molecule has 6 heteroatoms. The van der Waals surface area contributed by atoms with Gasteiger partial charge in [0.05, 0.1) is 11.8 Å². The molecule has 0 atom stereocenters. The molecule has 25 heavy (non-hydrogen) atoms. The van der Waals surface area contributed by atoms with Gasteiger partial charge in [0.1, 0.15) is 5.75 Å². The zero-order chi connectivity index (χ0) is 18.2. The number of rotatable bonds is 7. The molecule has 0 aliphatic heterocycles. The summed E-state index contributed by atoms with van der Waals surface area (Å²) in [5.41, 5.74) is 3.96. The maximum absolute atomic E-state index is 11.8. The molecule has 0 radical (unpaired) electrons. The fraction of sp³-hybridized carbons (Fsp3) is 0.211. The number of amides is 1. The van der Waals surface area contributed by atoms with Crippen molar-refractivity contribution in [3.63, 3.8) is 0 Å². The lowest BCUT2D eigenvalue weighted by Gasteiger charge is -2.09. The number of carboxylic acid groups (broad SMARTS) is 1. The first kappa shape index (κ1) is 18.2. The number of aromatic carboxylic acids is 1. The van der Waals surface area contributed by atoms with Gasteiger partial charge in [0.2, 0.25) is 0 Å². The van der Waals surface area contributed by atoms with Gasteiger partial charge in [-0.25, -0.2) is 10.2 Å². The predicted octanol–water partition coefficient (Wildman–Crippen LogP) is 3.04. The lowest BCUT2D eigenvalue weighted by Crippen LogP contribution is -2.24. The minimum absolute atomic E-state index is 0.113. The van der Waals surface area contributed by atoms with Crippen LogP contribution in [0, 0.1) is 0 Å². The molecule has 0 aromatic heterocycles. The van der Waals surface area contributed by atoms with Crippen molar-refractivity contribution in [2.24, 2.45) is 5.10 Å². The summed E-state index contributed by atoms with van der Waals surface area (Å²) in [5, 5.41) is 12.9. The molecular formula is C19H20N2O4. The Kier molecular flexibility index (Phi) is 6.28. The third-order valence-electron chi connectivity index (χ3n) is 3.48. The second kappa shape index (κ2) is 8.63. The molecule has 6 nitrogen and oxygen atoms in total. The normalized spacial score (nSPS) is 10.8. The van der Waals surface area contributed by atoms with Crippen LogP contribution in [0.2, 0.25) is 0 Å². The Morgan fingerprint density at radius 1 is 1.20 bits per heavy atom. The average molecular weight is 340 g/mol. The number of ether oxygens (including phenoxy) is 1. The molecule has 0 saturated carbocycles. The molecule has 0 bridgehead atoms. The molecule has 0 aliphatic rings. The Morgan fingerprint density at radius 3 is 2.68 bits per heavy atom. The second-order valence-electron chi connectivity index (χ2n) is 5.70. The Labute approximate surface area is 146 Å². The summed E-state index contributed by atoms with van der Waals surface area (Å²) in [6.45, 7) is 3.98. The standard InChI is InChI=1S/C19H20N2O4/c1-13(2)14-7-5-8-16(10-14)25-12-18(22)21-20-11-15-6-3-4-9-17(15)19(23)24/h3-11,13H,12H2,1-2H3,(H,21,22)(H,23,24)/b20-11+. The summed E-state index contributed by atoms with van der Waals surface area (Å²) in [6, 6.07) is 13.9. The van der Waals surface area contributed by atoms with Crippen LogP contribution in [-0.2, 0) is 4.79 Å². The monoisotopic (exact) mass is 340 g/mol. The van der Waals surface area contributed by atoms with E-state index in [-0.39, 0.29) is 12.2 Å². The van der Waals surface area contributed by atoms with E-state index in [1.165, 1.54) is 12.3 Å². The highest BCUT2D eigenvalue weighted by atomic mass is 16.5. The molecule has 0 aliphatic carbocycles. The van der Waals surface area contributed by atoms with Crippen LogP contribution in [0.1, 0.15) is 41.3 Å². The Hall–Kier alpha value is -3.15. The van der Waals surface area contributed by atoms with Gasteiger partial charge >= 0.3 is 5.97 Å². The number of benzene rings is 2. The van der Waals surface area contributed by atoms with Gasteiger partial charge in [-0.3, -0.25) is 4.79 Å². The van der Waals surface area contributed by atoms with Gasteiger partial charge in [0.15, 0.2) is 6.61 Å². The Morgan fingerprint density at radius 2 is 1.96 bits per heavy atom. The predicted molar refractivity (Wildman–Crippen MR) is 95.2 cm³/mol. The van der Waals surface area contributed by atoms with Gasteiger partial charge in [0.25, 0.3) is 5.91 Å². The third-order valence-corrected chi connectivity index (χ3v) is 3.48. The summed E-state index contributed by atoms with van der Waals surface area (Å²) in [5.74, 6) is -0.501. The van der Waals surface area contributed by atoms with Crippen molar-refractivity contribution in [3.8, 4) is 5.75 Å². The quantitative estimate of drug-likeness (QED) is 0.599. The Bertz CT molecular complexity index is 784. The number of nitrogens with zero attached hydrogens (tertiary/aromatic N) is 1. The van der Waals surface area contributed by atoms with E-state index in [9.17, 15) is 9.59 Å². The van der Waals surface area contributed by atoms with Gasteiger partial charge in [-0.15, -0.1) is 0 Å². The van der Waals surface area contributed by atoms with Crippen LogP contribution in [0.15, 0.2) is 53.6 Å². The van der Waals surface area contributed by atoms with E-state index >= 15 is 0 Å². The van der Waals surface area contributed by atoms with Crippen molar-refractivity contribution < 1.29 is 19.4 Å². The second-order valence-corrected chi connectivity index (χ2v) is 5.70. The summed E-state index contributed by atoms with van der Waals surface area (Å²) in [7, 11) is 0. The molecule has 0 fully saturated rings. The molecule has 2 N–H and O–H groups in total. The molecule has 1 amide bonds. The van der Waals surface area contributed by atoms with Crippen molar-refractivity contribution in [1.82, 2.24) is 5.43 Å². The van der Waals surface area contributed by atoms with E-state index in [0.717, 1.165) is 5.56 Å². The lowest BCUT2D eigenvalue weighted by atomic mass is 10.0. The molecule has 2 aromatic rings. The number of carboxylic acids is 1. The topological polar surface area (TPSA) is 88.0 Å². The van der Waals surface area contributed by atoms with E-state index in [4.69, 9.17) is 9.84 Å². The molecule has 2 rings (SSSR count). The fourth-order valence-electron chi connectivity index (χ4n) is 2.12. The molecule has 0 heterocycles. The maximum atomic E-state index is 11.8. The molecule has 0 spiro atoms. The molecule has 0 saturated heterocycles. The maximum Gasteiger partial charge on any atom is 0.336 e. The van der Waals surface area contributed by atoms with E-state index in [2.05, 4.69) is 24.4 Å². The van der Waals surface area contributed by atoms with Crippen LogP contribution in [0.3, 0.4) is 0 Å². The minimum atomic E-state index is -1.05. The van der Waals surface area contributed by atoms with Crippen LogP contribution >= 0.6 is 0 Å². The van der Waals surface area contributed by atoms with Crippen molar-refractivity contribution in [3.05, 3.63) is 65.2 Å². The van der Waals surface area contributed by atoms with Crippen molar-refractivity contribution in [2.45, 2.75) is 19.8 Å². The van der Waals surface area contributed by atoms with Gasteiger partial charge in [-0.05, 0) is 29.7 Å². The zero-order valence-electron chi connectivity index (χ0n) is 14.1. The fourth-order valence-corrected chi connectivity index (χ4v) is 2.12. The van der Waals surface area contributed by atoms with Crippen molar-refractivity contribution in [2.75, 3.05) is 6.61 Å². The van der Waals surface area contributed by atoms with E-state index in [0.29, 0.717) is 17.2 Å². The highest BCUT2D eigenvalue weighted by Gasteiger charge is 2.07. The van der Waals surface area contributed by atoms with E-state index < -0.39 is 11.9 Å². The minimum Gasteiger partial charge on any atom is -0.484 e. The lowest BCUT2D eigenvalue weighted by molar-refractivity contribution is -0.123. The first-order valence-electron chi connectivity index (χ1n) is 7.84. The van der Waals surface area contributed by atoms with Crippen molar-refractivity contribution >= 4 is 18.1 Å². The summed E-state index contributed by atoms with van der Waals surface area (Å²) < 4.78 is 5.44. The highest BCUT2D eigenvalue weighted by Crippen LogP contribution is 2.19. The van der Waals surface area contributed by atoms with Gasteiger partial charge in [-0.1, -0.05) is 44.2 Å². The molecule has 2 aromatic carbocycles. The van der Waals surface area contributed by atoms with Crippen LogP contribution in [-0.4, -0.2) is 29.8 Å². The van der Waals surface area contributed by atoms with Crippen LogP contribution < -0.4 is 10.2 Å². The largest absolute Gasteiger partial charge is 0.484 e. The number of nitrogens with one attached hydrogen (secondary N) is 1. The number of hydrazone groups is 1. The molecular weight excluding hydrogens is 320 g/mol. The number of carbonyl (C=O) groups is 2. The van der Waals surface area contributed by atoms with Crippen LogP contribution in [0.5, 0.6) is 5.75 Å². The SMILES string of the molecule is CC(C)c1cccc(OCC(=O)N/N=C/c2ccccc2C(=O)O)c1. The number of carbonyl (C=O) groups excluding carboxylic acids is 1. The molecule has 130 valence electrons. The first-order chi connectivity index (χ1) is 12.0. The van der Waals surface area contributed by atoms with Gasteiger partial charge in [0, 0.05) is 5.56 Å². The van der Waals surface area contributed by atoms with Crippen LogP contribution in [0.25, 0.3) is 0 Å². The smallest absolute Gasteiger partial charge is 0.336 e. The van der Waals surface area contributed by atoms with Gasteiger partial charge in [-0.2, -0.15) is 5.10 Å². The average Bonchev–Trinajstić information content (AvgIpc) is 2.60. The van der Waals surface area contributed by atoms with E-state index in [1.807, 2.05) is 18.2 Å². The summed E-state index contributed by atoms with van der Waals surface area (Å²) >= 11 is 0. The van der Waals surface area contributed by atoms with Gasteiger partial charge < -0.3 is 9.84 Å². The summed E-state index contributed by atoms with van der Waals surface area (Å²) in [4.78, 5) is 22.9. The van der Waals surface area contributed by atoms with E-state index in [1.54, 1.807) is 24.3 Å². The number of hydrogen-bond donors (Lipinski definition) is 2.